The topological polar surface area (TPSA) is 42.5 Å². The molecule has 0 amide bonds. The maximum absolute atomic E-state index is 5.31. The minimum Gasteiger partial charge on any atom is -0.454 e. The van der Waals surface area contributed by atoms with E-state index in [4.69, 9.17) is 9.47 Å². The Labute approximate surface area is 81.5 Å². The van der Waals surface area contributed by atoms with Gasteiger partial charge in [0, 0.05) is 12.7 Å². The van der Waals surface area contributed by atoms with Crippen molar-refractivity contribution in [2.75, 3.05) is 6.79 Å². The monoisotopic (exact) mass is 190 g/mol. The number of hydrazine groups is 1. The van der Waals surface area contributed by atoms with Crippen LogP contribution in [0.25, 0.3) is 6.08 Å². The molecule has 0 saturated heterocycles. The van der Waals surface area contributed by atoms with E-state index in [1.807, 2.05) is 24.4 Å². The Morgan fingerprint density at radius 1 is 1.14 bits per heavy atom. The summed E-state index contributed by atoms with van der Waals surface area (Å²) in [5.74, 6) is 1.66. The molecule has 0 atom stereocenters. The first-order valence-corrected chi connectivity index (χ1v) is 4.51. The molecule has 14 heavy (non-hydrogen) atoms. The molecule has 4 nitrogen and oxygen atoms in total. The molecular weight excluding hydrogens is 180 g/mol. The van der Waals surface area contributed by atoms with Crippen LogP contribution in [-0.2, 0) is 6.54 Å². The Hall–Kier alpha value is -1.68. The van der Waals surface area contributed by atoms with E-state index in [0.29, 0.717) is 6.79 Å². The second-order valence-electron chi connectivity index (χ2n) is 3.24. The number of hydrogen-bond donors (Lipinski definition) is 2. The van der Waals surface area contributed by atoms with E-state index >= 15 is 0 Å². The Kier molecular flexibility index (Phi) is 1.61. The second kappa shape index (κ2) is 2.92. The van der Waals surface area contributed by atoms with Gasteiger partial charge < -0.3 is 14.9 Å². The van der Waals surface area contributed by atoms with Crippen LogP contribution >= 0.6 is 0 Å². The molecular formula is C10H10N2O2. The van der Waals surface area contributed by atoms with E-state index in [9.17, 15) is 0 Å². The van der Waals surface area contributed by atoms with Crippen molar-refractivity contribution in [2.24, 2.45) is 0 Å². The fourth-order valence-electron chi connectivity index (χ4n) is 1.64. The summed E-state index contributed by atoms with van der Waals surface area (Å²) in [6.07, 6.45) is 3.88. The predicted octanol–water partition coefficient (Wildman–Crippen LogP) is 0.994. The van der Waals surface area contributed by atoms with Crippen LogP contribution in [-0.4, -0.2) is 6.79 Å². The summed E-state index contributed by atoms with van der Waals surface area (Å²) in [6.45, 7) is 1.10. The molecule has 2 aliphatic rings. The molecule has 0 saturated carbocycles. The van der Waals surface area contributed by atoms with Crippen LogP contribution in [0.15, 0.2) is 18.3 Å². The van der Waals surface area contributed by atoms with Crippen molar-refractivity contribution in [3.05, 3.63) is 29.5 Å². The molecule has 2 heterocycles. The predicted molar refractivity (Wildman–Crippen MR) is 51.6 cm³/mol. The van der Waals surface area contributed by atoms with Crippen LogP contribution in [0.3, 0.4) is 0 Å². The summed E-state index contributed by atoms with van der Waals surface area (Å²) in [5.41, 5.74) is 8.38. The number of fused-ring (bicyclic) bond motifs is 2. The number of nitrogens with one attached hydrogen (secondary N) is 2. The van der Waals surface area contributed by atoms with Gasteiger partial charge in [-0.25, -0.2) is 5.43 Å². The number of ether oxygens (including phenoxy) is 2. The molecule has 72 valence electrons. The highest BCUT2D eigenvalue weighted by Crippen LogP contribution is 2.35. The Bertz CT molecular complexity index is 401. The van der Waals surface area contributed by atoms with Crippen molar-refractivity contribution >= 4 is 6.08 Å². The van der Waals surface area contributed by atoms with Crippen molar-refractivity contribution in [1.82, 2.24) is 10.9 Å². The lowest BCUT2D eigenvalue weighted by molar-refractivity contribution is 0.174. The molecule has 0 aromatic heterocycles. The zero-order valence-corrected chi connectivity index (χ0v) is 7.54. The molecule has 0 radical (unpaired) electrons. The number of benzene rings is 1. The summed E-state index contributed by atoms with van der Waals surface area (Å²) in [5, 5.41) is 0. The van der Waals surface area contributed by atoms with Gasteiger partial charge in [0.15, 0.2) is 11.5 Å². The van der Waals surface area contributed by atoms with E-state index in [2.05, 4.69) is 10.9 Å². The van der Waals surface area contributed by atoms with E-state index in [1.165, 1.54) is 5.56 Å². The third-order valence-corrected chi connectivity index (χ3v) is 2.36. The third kappa shape index (κ3) is 1.12. The van der Waals surface area contributed by atoms with E-state index < -0.39 is 0 Å². The zero-order chi connectivity index (χ0) is 9.38. The van der Waals surface area contributed by atoms with Crippen LogP contribution in [0.2, 0.25) is 0 Å². The standard InChI is InChI=1S/C10H10N2O2/c1-2-11-12-5-8-4-10-9(3-7(1)8)13-6-14-10/h1-4,11-12H,5-6H2. The van der Waals surface area contributed by atoms with Gasteiger partial charge in [-0.3, -0.25) is 0 Å². The van der Waals surface area contributed by atoms with Crippen LogP contribution < -0.4 is 20.3 Å². The van der Waals surface area contributed by atoms with Gasteiger partial charge >= 0.3 is 0 Å². The van der Waals surface area contributed by atoms with Gasteiger partial charge in [0.05, 0.1) is 0 Å². The normalized spacial score (nSPS) is 17.1. The first kappa shape index (κ1) is 7.70. The molecule has 4 heteroatoms. The largest absolute Gasteiger partial charge is 0.454 e. The average Bonchev–Trinajstić information content (AvgIpc) is 2.51. The van der Waals surface area contributed by atoms with Crippen molar-refractivity contribution < 1.29 is 9.47 Å². The molecule has 0 unspecified atom stereocenters. The smallest absolute Gasteiger partial charge is 0.231 e. The van der Waals surface area contributed by atoms with Gasteiger partial charge in [-0.1, -0.05) is 0 Å². The molecule has 0 aliphatic carbocycles. The quantitative estimate of drug-likeness (QED) is 0.640. The lowest BCUT2D eigenvalue weighted by Crippen LogP contribution is -2.24. The third-order valence-electron chi connectivity index (χ3n) is 2.36. The average molecular weight is 190 g/mol. The van der Waals surface area contributed by atoms with Crippen LogP contribution in [0.4, 0.5) is 0 Å². The summed E-state index contributed by atoms with van der Waals surface area (Å²) >= 11 is 0. The maximum Gasteiger partial charge on any atom is 0.231 e. The lowest BCUT2D eigenvalue weighted by atomic mass is 10.1. The molecule has 3 rings (SSSR count). The van der Waals surface area contributed by atoms with Crippen molar-refractivity contribution in [1.29, 1.82) is 0 Å². The SMILES string of the molecule is C1=Cc2cc3c(cc2CNN1)OCO3. The Morgan fingerprint density at radius 3 is 2.93 bits per heavy atom. The molecule has 0 fully saturated rings. The van der Waals surface area contributed by atoms with E-state index in [1.54, 1.807) is 0 Å². The highest BCUT2D eigenvalue weighted by atomic mass is 16.7. The molecule has 2 aliphatic heterocycles. The van der Waals surface area contributed by atoms with Crippen molar-refractivity contribution in [3.8, 4) is 11.5 Å². The van der Waals surface area contributed by atoms with Crippen LogP contribution in [0, 0.1) is 0 Å². The van der Waals surface area contributed by atoms with Crippen LogP contribution in [0.1, 0.15) is 11.1 Å². The number of rotatable bonds is 0. The van der Waals surface area contributed by atoms with Gasteiger partial charge in [-0.05, 0) is 29.3 Å². The van der Waals surface area contributed by atoms with Gasteiger partial charge in [-0.15, -0.1) is 0 Å². The molecule has 2 N–H and O–H groups in total. The molecule has 0 spiro atoms. The number of hydrogen-bond acceptors (Lipinski definition) is 4. The van der Waals surface area contributed by atoms with Crippen molar-refractivity contribution in [2.45, 2.75) is 6.54 Å². The molecule has 1 aromatic rings. The van der Waals surface area contributed by atoms with Crippen LogP contribution in [0.5, 0.6) is 11.5 Å². The highest BCUT2D eigenvalue weighted by molar-refractivity contribution is 5.61. The molecule has 1 aromatic carbocycles. The van der Waals surface area contributed by atoms with E-state index in [-0.39, 0.29) is 0 Å². The fourth-order valence-corrected chi connectivity index (χ4v) is 1.64. The first-order chi connectivity index (χ1) is 6.93. The van der Waals surface area contributed by atoms with Gasteiger partial charge in [0.2, 0.25) is 6.79 Å². The van der Waals surface area contributed by atoms with Crippen molar-refractivity contribution in [3.63, 3.8) is 0 Å². The van der Waals surface area contributed by atoms with Gasteiger partial charge in [0.25, 0.3) is 0 Å². The minimum absolute atomic E-state index is 0.327. The Balaban J connectivity index is 2.13. The second-order valence-corrected chi connectivity index (χ2v) is 3.24. The summed E-state index contributed by atoms with van der Waals surface area (Å²) < 4.78 is 10.6. The zero-order valence-electron chi connectivity index (χ0n) is 7.54. The summed E-state index contributed by atoms with van der Waals surface area (Å²) in [6, 6.07) is 4.02. The fraction of sp³-hybridized carbons (Fsp3) is 0.200. The summed E-state index contributed by atoms with van der Waals surface area (Å²) in [7, 11) is 0. The summed E-state index contributed by atoms with van der Waals surface area (Å²) in [4.78, 5) is 0. The minimum atomic E-state index is 0.327. The molecule has 0 bridgehead atoms. The Morgan fingerprint density at radius 2 is 2.00 bits per heavy atom. The van der Waals surface area contributed by atoms with Gasteiger partial charge in [0.1, 0.15) is 0 Å². The maximum atomic E-state index is 5.31. The lowest BCUT2D eigenvalue weighted by Gasteiger charge is -2.05. The van der Waals surface area contributed by atoms with Gasteiger partial charge in [-0.2, -0.15) is 0 Å². The first-order valence-electron chi connectivity index (χ1n) is 4.51. The highest BCUT2D eigenvalue weighted by Gasteiger charge is 2.16. The van der Waals surface area contributed by atoms with E-state index in [0.717, 1.165) is 23.6 Å².